The first-order valence-corrected chi connectivity index (χ1v) is 7.62. The van der Waals surface area contributed by atoms with Gasteiger partial charge in [-0.05, 0) is 30.2 Å². The smallest absolute Gasteiger partial charge is 0.220 e. The molecular weight excluding hydrogens is 293 g/mol. The van der Waals surface area contributed by atoms with Gasteiger partial charge in [-0.3, -0.25) is 4.79 Å². The second-order valence-electron chi connectivity index (χ2n) is 5.30. The Balaban J connectivity index is 1.91. The summed E-state index contributed by atoms with van der Waals surface area (Å²) < 4.78 is 18.6. The van der Waals surface area contributed by atoms with Gasteiger partial charge in [-0.25, -0.2) is 4.39 Å². The fourth-order valence-electron chi connectivity index (χ4n) is 2.22. The van der Waals surface area contributed by atoms with Crippen LogP contribution in [0.15, 0.2) is 54.6 Å². The molecule has 0 fully saturated rings. The Hall–Kier alpha value is -2.20. The molecule has 0 heterocycles. The number of carbonyl (C=O) groups is 1. The van der Waals surface area contributed by atoms with Crippen molar-refractivity contribution in [1.29, 1.82) is 0 Å². The Morgan fingerprint density at radius 3 is 2.48 bits per heavy atom. The standard InChI is InChI=1S/C19H21FNO2/c1-2-19(22)21-12-17(16-6-4-3-5-7-16)14-23-13-15-8-10-18(20)11-9-15/h3-11,17H,1-2,12-14H2,(H,21,22). The minimum absolute atomic E-state index is 0.0622. The van der Waals surface area contributed by atoms with Crippen molar-refractivity contribution in [3.63, 3.8) is 0 Å². The lowest BCUT2D eigenvalue weighted by molar-refractivity contribution is -0.120. The van der Waals surface area contributed by atoms with E-state index in [0.29, 0.717) is 19.8 Å². The third-order valence-electron chi connectivity index (χ3n) is 3.54. The molecule has 2 aromatic carbocycles. The first-order valence-electron chi connectivity index (χ1n) is 7.62. The van der Waals surface area contributed by atoms with Crippen molar-refractivity contribution < 1.29 is 13.9 Å². The van der Waals surface area contributed by atoms with Crippen LogP contribution in [0, 0.1) is 12.7 Å². The van der Waals surface area contributed by atoms with E-state index in [9.17, 15) is 9.18 Å². The summed E-state index contributed by atoms with van der Waals surface area (Å²) in [6.45, 7) is 4.95. The summed E-state index contributed by atoms with van der Waals surface area (Å²) in [5, 5.41) is 2.86. The number of nitrogens with one attached hydrogen (secondary N) is 1. The van der Waals surface area contributed by atoms with Crippen LogP contribution in [0.3, 0.4) is 0 Å². The highest BCUT2D eigenvalue weighted by molar-refractivity contribution is 5.76. The van der Waals surface area contributed by atoms with Gasteiger partial charge in [0.2, 0.25) is 5.91 Å². The van der Waals surface area contributed by atoms with Gasteiger partial charge in [-0.15, -0.1) is 0 Å². The Morgan fingerprint density at radius 1 is 1.13 bits per heavy atom. The van der Waals surface area contributed by atoms with E-state index in [0.717, 1.165) is 11.1 Å². The third-order valence-corrected chi connectivity index (χ3v) is 3.54. The second kappa shape index (κ2) is 9.06. The van der Waals surface area contributed by atoms with Gasteiger partial charge >= 0.3 is 0 Å². The molecule has 0 aliphatic carbocycles. The van der Waals surface area contributed by atoms with E-state index in [4.69, 9.17) is 4.74 Å². The average Bonchev–Trinajstić information content (AvgIpc) is 2.60. The highest BCUT2D eigenvalue weighted by atomic mass is 19.1. The average molecular weight is 314 g/mol. The van der Waals surface area contributed by atoms with Crippen LogP contribution in [-0.2, 0) is 16.1 Å². The van der Waals surface area contributed by atoms with Crippen LogP contribution in [0.1, 0.15) is 23.5 Å². The molecule has 1 unspecified atom stereocenters. The van der Waals surface area contributed by atoms with E-state index in [-0.39, 0.29) is 24.1 Å². The Morgan fingerprint density at radius 2 is 1.83 bits per heavy atom. The molecule has 0 aliphatic rings. The summed E-state index contributed by atoms with van der Waals surface area (Å²) >= 11 is 0. The Labute approximate surface area is 136 Å². The summed E-state index contributed by atoms with van der Waals surface area (Å²) in [6, 6.07) is 16.2. The third kappa shape index (κ3) is 5.83. The molecule has 4 heteroatoms. The van der Waals surface area contributed by atoms with Crippen LogP contribution < -0.4 is 5.32 Å². The van der Waals surface area contributed by atoms with E-state index in [1.807, 2.05) is 30.3 Å². The Bertz CT molecular complexity index is 599. The van der Waals surface area contributed by atoms with Crippen molar-refractivity contribution in [3.05, 3.63) is 78.5 Å². The van der Waals surface area contributed by atoms with E-state index >= 15 is 0 Å². The van der Waals surface area contributed by atoms with Gasteiger partial charge in [-0.1, -0.05) is 42.5 Å². The molecular formula is C19H21FNO2. The zero-order chi connectivity index (χ0) is 16.5. The maximum atomic E-state index is 12.9. The summed E-state index contributed by atoms with van der Waals surface area (Å²) in [5.41, 5.74) is 2.02. The van der Waals surface area contributed by atoms with E-state index < -0.39 is 0 Å². The van der Waals surface area contributed by atoms with Gasteiger partial charge in [0, 0.05) is 18.9 Å². The van der Waals surface area contributed by atoms with Crippen LogP contribution >= 0.6 is 0 Å². The van der Waals surface area contributed by atoms with Gasteiger partial charge in [0.1, 0.15) is 5.82 Å². The number of benzene rings is 2. The number of ether oxygens (including phenoxy) is 1. The molecule has 1 atom stereocenters. The first kappa shape index (κ1) is 17.2. The Kier molecular flexibility index (Phi) is 6.76. The molecule has 23 heavy (non-hydrogen) atoms. The molecule has 2 rings (SSSR count). The minimum atomic E-state index is -0.258. The number of amides is 1. The fraction of sp³-hybridized carbons (Fsp3) is 0.263. The molecule has 0 aliphatic heterocycles. The number of hydrogen-bond acceptors (Lipinski definition) is 2. The summed E-state index contributed by atoms with van der Waals surface area (Å²) in [6.07, 6.45) is 0.220. The number of halogens is 1. The van der Waals surface area contributed by atoms with Crippen LogP contribution in [-0.4, -0.2) is 19.1 Å². The lowest BCUT2D eigenvalue weighted by Gasteiger charge is -2.18. The predicted molar refractivity (Wildman–Crippen MR) is 88.2 cm³/mol. The summed E-state index contributed by atoms with van der Waals surface area (Å²) in [5.74, 6) is -0.275. The van der Waals surface area contributed by atoms with Crippen molar-refractivity contribution in [3.8, 4) is 0 Å². The minimum Gasteiger partial charge on any atom is -0.376 e. The summed E-state index contributed by atoms with van der Waals surface area (Å²) in [4.78, 5) is 11.4. The van der Waals surface area contributed by atoms with Crippen LogP contribution in [0.2, 0.25) is 0 Å². The fourth-order valence-corrected chi connectivity index (χ4v) is 2.22. The van der Waals surface area contributed by atoms with Crippen LogP contribution in [0.5, 0.6) is 0 Å². The predicted octanol–water partition coefficient (Wildman–Crippen LogP) is 3.47. The zero-order valence-corrected chi connectivity index (χ0v) is 13.0. The van der Waals surface area contributed by atoms with Crippen LogP contribution in [0.25, 0.3) is 0 Å². The molecule has 0 bridgehead atoms. The molecule has 3 nitrogen and oxygen atoms in total. The molecule has 1 radical (unpaired) electrons. The molecule has 0 spiro atoms. The van der Waals surface area contributed by atoms with Crippen molar-refractivity contribution in [2.45, 2.75) is 18.9 Å². The number of rotatable bonds is 8. The van der Waals surface area contributed by atoms with E-state index in [1.165, 1.54) is 12.1 Å². The zero-order valence-electron chi connectivity index (χ0n) is 13.0. The lowest BCUT2D eigenvalue weighted by Crippen LogP contribution is -2.29. The molecule has 1 amide bonds. The molecule has 0 saturated carbocycles. The molecule has 121 valence electrons. The van der Waals surface area contributed by atoms with Crippen molar-refractivity contribution >= 4 is 5.91 Å². The molecule has 2 aromatic rings. The lowest BCUT2D eigenvalue weighted by atomic mass is 10.00. The normalized spacial score (nSPS) is 11.9. The van der Waals surface area contributed by atoms with Crippen molar-refractivity contribution in [1.82, 2.24) is 5.32 Å². The van der Waals surface area contributed by atoms with Crippen molar-refractivity contribution in [2.75, 3.05) is 13.2 Å². The van der Waals surface area contributed by atoms with Gasteiger partial charge in [-0.2, -0.15) is 0 Å². The quantitative estimate of drug-likeness (QED) is 0.810. The van der Waals surface area contributed by atoms with Gasteiger partial charge < -0.3 is 10.1 Å². The first-order chi connectivity index (χ1) is 11.2. The maximum absolute atomic E-state index is 12.9. The van der Waals surface area contributed by atoms with Gasteiger partial charge in [0.25, 0.3) is 0 Å². The SMILES string of the molecule is [CH2]CC(=O)NCC(COCc1ccc(F)cc1)c1ccccc1. The second-order valence-corrected chi connectivity index (χ2v) is 5.30. The maximum Gasteiger partial charge on any atom is 0.220 e. The topological polar surface area (TPSA) is 38.3 Å². The number of hydrogen-bond donors (Lipinski definition) is 1. The van der Waals surface area contributed by atoms with E-state index in [1.54, 1.807) is 12.1 Å². The molecule has 0 aromatic heterocycles. The van der Waals surface area contributed by atoms with Gasteiger partial charge in [0.05, 0.1) is 13.2 Å². The van der Waals surface area contributed by atoms with Gasteiger partial charge in [0.15, 0.2) is 0 Å². The molecule has 0 saturated heterocycles. The largest absolute Gasteiger partial charge is 0.376 e. The summed E-state index contributed by atoms with van der Waals surface area (Å²) in [7, 11) is 0. The van der Waals surface area contributed by atoms with Crippen LogP contribution in [0.4, 0.5) is 4.39 Å². The highest BCUT2D eigenvalue weighted by Gasteiger charge is 2.13. The van der Waals surface area contributed by atoms with Crippen molar-refractivity contribution in [2.24, 2.45) is 0 Å². The highest BCUT2D eigenvalue weighted by Crippen LogP contribution is 2.16. The number of carbonyl (C=O) groups excluding carboxylic acids is 1. The van der Waals surface area contributed by atoms with E-state index in [2.05, 4.69) is 12.2 Å². The molecule has 1 N–H and O–H groups in total. The monoisotopic (exact) mass is 314 g/mol.